The van der Waals surface area contributed by atoms with Gasteiger partial charge in [-0.15, -0.1) is 0 Å². The molecule has 2 aromatic rings. The third-order valence-electron chi connectivity index (χ3n) is 4.13. The van der Waals surface area contributed by atoms with Crippen LogP contribution in [0.15, 0.2) is 42.0 Å². The second kappa shape index (κ2) is 9.48. The normalized spacial score (nSPS) is 15.4. The molecule has 156 valence electrons. The van der Waals surface area contributed by atoms with E-state index in [1.807, 2.05) is 13.8 Å². The van der Waals surface area contributed by atoms with Crippen LogP contribution in [0.5, 0.6) is 11.5 Å². The van der Waals surface area contributed by atoms with E-state index in [0.29, 0.717) is 30.3 Å². The fourth-order valence-electron chi connectivity index (χ4n) is 2.89. The van der Waals surface area contributed by atoms with Crippen molar-refractivity contribution in [2.75, 3.05) is 18.1 Å². The number of halogens is 2. The Morgan fingerprint density at radius 3 is 2.47 bits per heavy atom. The van der Waals surface area contributed by atoms with Gasteiger partial charge in [0, 0.05) is 0 Å². The summed E-state index contributed by atoms with van der Waals surface area (Å²) in [5.74, 6) is -0.455. The van der Waals surface area contributed by atoms with Gasteiger partial charge in [0.05, 0.1) is 27.5 Å². The van der Waals surface area contributed by atoms with E-state index in [4.69, 9.17) is 21.1 Å². The van der Waals surface area contributed by atoms with Gasteiger partial charge in [0.2, 0.25) is 0 Å². The second-order valence-corrected chi connectivity index (χ2v) is 7.67. The van der Waals surface area contributed by atoms with Gasteiger partial charge >= 0.3 is 6.03 Å². The first-order chi connectivity index (χ1) is 14.4. The van der Waals surface area contributed by atoms with Gasteiger partial charge in [-0.3, -0.25) is 14.9 Å². The SMILES string of the molecule is CCOc1cc(/C=C2\C(=O)NC(=O)N(c3ccccc3Cl)C2=O)cc(I)c1OCC. The lowest BCUT2D eigenvalue weighted by molar-refractivity contribution is -0.122. The average Bonchev–Trinajstić information content (AvgIpc) is 2.69. The number of nitrogens with zero attached hydrogens (tertiary/aromatic N) is 1. The number of hydrogen-bond donors (Lipinski definition) is 1. The Kier molecular flexibility index (Phi) is 6.99. The molecule has 0 atom stereocenters. The van der Waals surface area contributed by atoms with Crippen LogP contribution in [-0.2, 0) is 9.59 Å². The number of carbonyl (C=O) groups is 3. The zero-order valence-electron chi connectivity index (χ0n) is 16.2. The molecule has 2 aromatic carbocycles. The monoisotopic (exact) mass is 540 g/mol. The third kappa shape index (κ3) is 4.44. The van der Waals surface area contributed by atoms with Crippen molar-refractivity contribution in [1.29, 1.82) is 0 Å². The number of rotatable bonds is 6. The number of para-hydroxylation sites is 1. The first kappa shape index (κ1) is 22.1. The fraction of sp³-hybridized carbons (Fsp3) is 0.190. The molecule has 0 aromatic heterocycles. The molecule has 0 bridgehead atoms. The van der Waals surface area contributed by atoms with E-state index < -0.39 is 17.8 Å². The maximum absolute atomic E-state index is 13.0. The zero-order valence-corrected chi connectivity index (χ0v) is 19.1. The minimum atomic E-state index is -0.855. The molecule has 1 N–H and O–H groups in total. The highest BCUT2D eigenvalue weighted by Gasteiger charge is 2.37. The Hall–Kier alpha value is -2.59. The van der Waals surface area contributed by atoms with Crippen molar-refractivity contribution in [2.45, 2.75) is 13.8 Å². The number of nitrogens with one attached hydrogen (secondary N) is 1. The van der Waals surface area contributed by atoms with Crippen LogP contribution in [0.2, 0.25) is 5.02 Å². The minimum Gasteiger partial charge on any atom is -0.490 e. The Labute approximate surface area is 192 Å². The van der Waals surface area contributed by atoms with E-state index in [9.17, 15) is 14.4 Å². The van der Waals surface area contributed by atoms with E-state index in [1.54, 1.807) is 30.3 Å². The molecule has 0 unspecified atom stereocenters. The molecule has 1 saturated heterocycles. The summed E-state index contributed by atoms with van der Waals surface area (Å²) in [5.41, 5.74) is 0.548. The van der Waals surface area contributed by atoms with Crippen molar-refractivity contribution in [1.82, 2.24) is 5.32 Å². The van der Waals surface area contributed by atoms with E-state index in [2.05, 4.69) is 27.9 Å². The highest BCUT2D eigenvalue weighted by Crippen LogP contribution is 2.35. The number of carbonyl (C=O) groups excluding carboxylic acids is 3. The molecule has 7 nitrogen and oxygen atoms in total. The van der Waals surface area contributed by atoms with Crippen molar-refractivity contribution < 1.29 is 23.9 Å². The Morgan fingerprint density at radius 1 is 1.10 bits per heavy atom. The van der Waals surface area contributed by atoms with Gasteiger partial charge in [-0.2, -0.15) is 0 Å². The topological polar surface area (TPSA) is 84.9 Å². The summed E-state index contributed by atoms with van der Waals surface area (Å²) in [6, 6.07) is 8.99. The van der Waals surface area contributed by atoms with Gasteiger partial charge in [0.15, 0.2) is 11.5 Å². The molecule has 1 aliphatic heterocycles. The summed E-state index contributed by atoms with van der Waals surface area (Å²) in [4.78, 5) is 38.6. The largest absolute Gasteiger partial charge is 0.490 e. The van der Waals surface area contributed by atoms with Gasteiger partial charge in [0.1, 0.15) is 5.57 Å². The summed E-state index contributed by atoms with van der Waals surface area (Å²) in [6.07, 6.45) is 1.41. The number of anilines is 1. The van der Waals surface area contributed by atoms with E-state index >= 15 is 0 Å². The lowest BCUT2D eigenvalue weighted by Crippen LogP contribution is -2.54. The Morgan fingerprint density at radius 2 is 1.80 bits per heavy atom. The lowest BCUT2D eigenvalue weighted by Gasteiger charge is -2.27. The van der Waals surface area contributed by atoms with Crippen molar-refractivity contribution in [3.63, 3.8) is 0 Å². The van der Waals surface area contributed by atoms with Gasteiger partial charge in [0.25, 0.3) is 11.8 Å². The summed E-state index contributed by atoms with van der Waals surface area (Å²) >= 11 is 8.24. The number of benzene rings is 2. The smallest absolute Gasteiger partial charge is 0.335 e. The van der Waals surface area contributed by atoms with Gasteiger partial charge in [-0.25, -0.2) is 9.69 Å². The summed E-state index contributed by atoms with van der Waals surface area (Å²) < 4.78 is 12.1. The van der Waals surface area contributed by atoms with Crippen LogP contribution in [0.4, 0.5) is 10.5 Å². The maximum Gasteiger partial charge on any atom is 0.335 e. The molecule has 30 heavy (non-hydrogen) atoms. The lowest BCUT2D eigenvalue weighted by atomic mass is 10.1. The summed E-state index contributed by atoms with van der Waals surface area (Å²) in [5, 5.41) is 2.40. The molecular weight excluding hydrogens is 523 g/mol. The van der Waals surface area contributed by atoms with Crippen molar-refractivity contribution in [3.05, 3.63) is 56.1 Å². The molecule has 0 saturated carbocycles. The summed E-state index contributed by atoms with van der Waals surface area (Å²) in [6.45, 7) is 4.60. The first-order valence-electron chi connectivity index (χ1n) is 9.12. The average molecular weight is 541 g/mol. The van der Waals surface area contributed by atoms with E-state index in [-0.39, 0.29) is 16.3 Å². The minimum absolute atomic E-state index is 0.191. The highest BCUT2D eigenvalue weighted by atomic mass is 127. The predicted molar refractivity (Wildman–Crippen MR) is 122 cm³/mol. The summed E-state index contributed by atoms with van der Waals surface area (Å²) in [7, 11) is 0. The number of imide groups is 2. The van der Waals surface area contributed by atoms with Crippen molar-refractivity contribution in [3.8, 4) is 11.5 Å². The molecule has 3 rings (SSSR count). The molecule has 4 amide bonds. The zero-order chi connectivity index (χ0) is 21.8. The van der Waals surface area contributed by atoms with Gasteiger partial charge in [-0.05, 0) is 72.3 Å². The van der Waals surface area contributed by atoms with Gasteiger partial charge in [-0.1, -0.05) is 23.7 Å². The van der Waals surface area contributed by atoms with Crippen LogP contribution < -0.4 is 19.7 Å². The molecule has 0 aliphatic carbocycles. The molecule has 1 heterocycles. The van der Waals surface area contributed by atoms with Crippen LogP contribution in [-0.4, -0.2) is 31.1 Å². The van der Waals surface area contributed by atoms with Crippen LogP contribution in [0.25, 0.3) is 6.08 Å². The van der Waals surface area contributed by atoms with E-state index in [0.717, 1.165) is 8.47 Å². The molecule has 1 aliphatic rings. The molecule has 0 spiro atoms. The van der Waals surface area contributed by atoms with Crippen LogP contribution in [0, 0.1) is 3.57 Å². The number of urea groups is 1. The number of barbiturate groups is 1. The van der Waals surface area contributed by atoms with Crippen LogP contribution in [0.3, 0.4) is 0 Å². The Bertz CT molecular complexity index is 1050. The van der Waals surface area contributed by atoms with Crippen LogP contribution in [0.1, 0.15) is 19.4 Å². The predicted octanol–water partition coefficient (Wildman–Crippen LogP) is 4.41. The van der Waals surface area contributed by atoms with Gasteiger partial charge < -0.3 is 9.47 Å². The molecule has 0 radical (unpaired) electrons. The van der Waals surface area contributed by atoms with Crippen molar-refractivity contribution in [2.24, 2.45) is 0 Å². The molecule has 1 fully saturated rings. The number of ether oxygens (including phenoxy) is 2. The van der Waals surface area contributed by atoms with Crippen LogP contribution >= 0.6 is 34.2 Å². The first-order valence-corrected chi connectivity index (χ1v) is 10.6. The number of amides is 4. The Balaban J connectivity index is 2.05. The highest BCUT2D eigenvalue weighted by molar-refractivity contribution is 14.1. The third-order valence-corrected chi connectivity index (χ3v) is 5.25. The maximum atomic E-state index is 13.0. The fourth-order valence-corrected chi connectivity index (χ4v) is 3.90. The van der Waals surface area contributed by atoms with E-state index in [1.165, 1.54) is 12.1 Å². The second-order valence-electron chi connectivity index (χ2n) is 6.11. The standard InChI is InChI=1S/C21H18ClIN2O5/c1-3-29-17-11-12(10-15(23)18(17)30-4-2)9-13-19(26)24-21(28)25(20(13)27)16-8-6-5-7-14(16)22/h5-11H,3-4H2,1-2H3,(H,24,26,28)/b13-9+. The van der Waals surface area contributed by atoms with Crippen molar-refractivity contribution >= 4 is 63.8 Å². The quantitative estimate of drug-likeness (QED) is 0.333. The molecule has 9 heteroatoms. The molecular formula is C21H18ClIN2O5. The number of hydrogen-bond acceptors (Lipinski definition) is 5.